The number of aromatic nitrogens is 2. The number of fused-ring (bicyclic) bond motifs is 2. The van der Waals surface area contributed by atoms with E-state index in [4.69, 9.17) is 11.6 Å². The Morgan fingerprint density at radius 3 is 2.61 bits per heavy atom. The number of likely N-dealkylation sites (tertiary alicyclic amines) is 1. The molecule has 3 aliphatic rings. The van der Waals surface area contributed by atoms with Crippen molar-refractivity contribution in [2.45, 2.75) is 50.5 Å². The van der Waals surface area contributed by atoms with Crippen LogP contribution in [0.4, 0.5) is 14.5 Å². The number of thiazole rings is 1. The molecule has 4 heterocycles. The highest BCUT2D eigenvalue weighted by atomic mass is 35.5. The van der Waals surface area contributed by atoms with Crippen molar-refractivity contribution in [1.29, 1.82) is 0 Å². The Kier molecular flexibility index (Phi) is 7.27. The molecule has 12 heteroatoms. The fraction of sp³-hybridized carbons (Fsp3) is 0.414. The van der Waals surface area contributed by atoms with Crippen molar-refractivity contribution in [1.82, 2.24) is 20.2 Å². The second-order valence-corrected chi connectivity index (χ2v) is 12.3. The number of hydrogen-bond donors (Lipinski definition) is 1. The summed E-state index contributed by atoms with van der Waals surface area (Å²) in [6.45, 7) is 3.20. The number of aryl methyl sites for hydroxylation is 1. The molecular formula is C29H28ClF2N5O3S. The average molecular weight is 600 g/mol. The Labute approximate surface area is 244 Å². The molecule has 1 aliphatic carbocycles. The molecule has 3 amide bonds. The first kappa shape index (κ1) is 27.7. The van der Waals surface area contributed by atoms with E-state index in [0.717, 1.165) is 35.9 Å². The van der Waals surface area contributed by atoms with Crippen molar-refractivity contribution in [3.05, 3.63) is 74.5 Å². The summed E-state index contributed by atoms with van der Waals surface area (Å²) in [5.41, 5.74) is 3.41. The summed E-state index contributed by atoms with van der Waals surface area (Å²) in [4.78, 5) is 50.9. The highest BCUT2D eigenvalue weighted by Crippen LogP contribution is 2.48. The van der Waals surface area contributed by atoms with Crippen LogP contribution < -0.4 is 10.2 Å². The maximum atomic E-state index is 13.9. The van der Waals surface area contributed by atoms with E-state index in [1.54, 1.807) is 15.8 Å². The number of rotatable bonds is 6. The van der Waals surface area contributed by atoms with Crippen molar-refractivity contribution in [2.24, 2.45) is 5.92 Å². The fourth-order valence-electron chi connectivity index (χ4n) is 6.28. The molecule has 1 saturated carbocycles. The first-order valence-corrected chi connectivity index (χ1v) is 14.8. The first-order chi connectivity index (χ1) is 19.7. The second kappa shape index (κ2) is 10.8. The SMILES string of the molecule is Cc1ccc2c(c1)C1(CN(C(=O)c3cscn3)C1)C(=O)N2CC1CCC(NC(=O)c2cc(Cl)cnc2C(F)F)CC1. The highest BCUT2D eigenvalue weighted by Gasteiger charge is 2.59. The zero-order chi connectivity index (χ0) is 28.9. The summed E-state index contributed by atoms with van der Waals surface area (Å²) in [5, 5.41) is 4.71. The van der Waals surface area contributed by atoms with E-state index < -0.39 is 23.4 Å². The minimum absolute atomic E-state index is 0.0174. The zero-order valence-corrected chi connectivity index (χ0v) is 23.9. The second-order valence-electron chi connectivity index (χ2n) is 11.1. The number of anilines is 1. The van der Waals surface area contributed by atoms with E-state index in [9.17, 15) is 23.2 Å². The van der Waals surface area contributed by atoms with Crippen LogP contribution in [0.25, 0.3) is 0 Å². The molecule has 1 aromatic carbocycles. The molecule has 0 atom stereocenters. The molecule has 1 N–H and O–H groups in total. The lowest BCUT2D eigenvalue weighted by Gasteiger charge is -2.46. The summed E-state index contributed by atoms with van der Waals surface area (Å²) in [6.07, 6.45) is 1.09. The zero-order valence-electron chi connectivity index (χ0n) is 22.3. The summed E-state index contributed by atoms with van der Waals surface area (Å²) >= 11 is 7.27. The van der Waals surface area contributed by atoms with E-state index in [0.29, 0.717) is 38.2 Å². The van der Waals surface area contributed by atoms with Crippen LogP contribution in [0.1, 0.15) is 69.8 Å². The van der Waals surface area contributed by atoms with Gasteiger partial charge in [0.1, 0.15) is 16.8 Å². The number of carbonyl (C=O) groups is 3. The Bertz CT molecular complexity index is 1500. The third kappa shape index (κ3) is 4.99. The Balaban J connectivity index is 1.11. The van der Waals surface area contributed by atoms with Gasteiger partial charge >= 0.3 is 0 Å². The van der Waals surface area contributed by atoms with Gasteiger partial charge in [-0.15, -0.1) is 11.3 Å². The summed E-state index contributed by atoms with van der Waals surface area (Å²) in [6, 6.07) is 7.10. The summed E-state index contributed by atoms with van der Waals surface area (Å²) in [5.74, 6) is -0.536. The normalized spacial score (nSPS) is 21.2. The lowest BCUT2D eigenvalue weighted by Crippen LogP contribution is -2.65. The molecular weight excluding hydrogens is 572 g/mol. The number of nitrogens with zero attached hydrogens (tertiary/aromatic N) is 4. The van der Waals surface area contributed by atoms with Crippen LogP contribution in [-0.2, 0) is 10.2 Å². The predicted molar refractivity (Wildman–Crippen MR) is 151 cm³/mol. The maximum absolute atomic E-state index is 13.9. The van der Waals surface area contributed by atoms with Crippen molar-refractivity contribution < 1.29 is 23.2 Å². The topological polar surface area (TPSA) is 95.5 Å². The van der Waals surface area contributed by atoms with E-state index in [1.165, 1.54) is 17.4 Å². The maximum Gasteiger partial charge on any atom is 0.281 e. The number of nitrogens with one attached hydrogen (secondary N) is 1. The van der Waals surface area contributed by atoms with Crippen LogP contribution in [0.2, 0.25) is 5.02 Å². The molecule has 0 unspecified atom stereocenters. The molecule has 2 fully saturated rings. The average Bonchev–Trinajstić information content (AvgIpc) is 3.54. The molecule has 1 spiro atoms. The number of carbonyl (C=O) groups excluding carboxylic acids is 3. The van der Waals surface area contributed by atoms with Crippen molar-refractivity contribution in [3.8, 4) is 0 Å². The lowest BCUT2D eigenvalue weighted by molar-refractivity contribution is -0.128. The number of halogens is 3. The largest absolute Gasteiger partial charge is 0.349 e. The van der Waals surface area contributed by atoms with Gasteiger partial charge in [0.05, 0.1) is 16.1 Å². The molecule has 0 radical (unpaired) electrons. The Morgan fingerprint density at radius 1 is 1.17 bits per heavy atom. The van der Waals surface area contributed by atoms with Crippen molar-refractivity contribution in [2.75, 3.05) is 24.5 Å². The molecule has 0 bridgehead atoms. The molecule has 2 aromatic heterocycles. The van der Waals surface area contributed by atoms with Gasteiger partial charge in [0, 0.05) is 42.9 Å². The Morgan fingerprint density at radius 2 is 1.93 bits per heavy atom. The molecule has 41 heavy (non-hydrogen) atoms. The number of pyridine rings is 1. The van der Waals surface area contributed by atoms with Crippen LogP contribution in [0.5, 0.6) is 0 Å². The van der Waals surface area contributed by atoms with Gasteiger partial charge < -0.3 is 15.1 Å². The van der Waals surface area contributed by atoms with Gasteiger partial charge in [0.25, 0.3) is 18.2 Å². The van der Waals surface area contributed by atoms with Gasteiger partial charge in [-0.2, -0.15) is 0 Å². The van der Waals surface area contributed by atoms with Crippen molar-refractivity contribution in [3.63, 3.8) is 0 Å². The highest BCUT2D eigenvalue weighted by molar-refractivity contribution is 7.07. The number of alkyl halides is 2. The van der Waals surface area contributed by atoms with Crippen LogP contribution in [0.15, 0.2) is 41.4 Å². The standard InChI is InChI=1S/C29H28ClF2N5O3S/c1-16-2-7-23-21(8-16)29(13-36(14-29)27(39)22-12-41-15-34-22)28(40)37(23)11-17-3-5-19(6-4-17)35-26(38)20-9-18(30)10-33-24(20)25(31)32/h2,7-10,12,15,17,19,25H,3-6,11,13-14H2,1H3,(H,35,38). The molecule has 1 saturated heterocycles. The first-order valence-electron chi connectivity index (χ1n) is 13.5. The van der Waals surface area contributed by atoms with Gasteiger partial charge in [-0.25, -0.2) is 13.8 Å². The van der Waals surface area contributed by atoms with Gasteiger partial charge in [0.2, 0.25) is 5.91 Å². The van der Waals surface area contributed by atoms with Crippen LogP contribution >= 0.6 is 22.9 Å². The number of benzene rings is 1. The molecule has 3 aromatic rings. The minimum Gasteiger partial charge on any atom is -0.349 e. The lowest BCUT2D eigenvalue weighted by atomic mass is 9.74. The molecule has 6 rings (SSSR count). The van der Waals surface area contributed by atoms with Crippen molar-refractivity contribution >= 4 is 46.3 Å². The van der Waals surface area contributed by atoms with E-state index in [2.05, 4.69) is 21.4 Å². The van der Waals surface area contributed by atoms with E-state index in [-0.39, 0.29) is 34.4 Å². The van der Waals surface area contributed by atoms with Crippen LogP contribution in [0.3, 0.4) is 0 Å². The summed E-state index contributed by atoms with van der Waals surface area (Å²) < 4.78 is 26.7. The van der Waals surface area contributed by atoms with Gasteiger partial charge in [-0.1, -0.05) is 29.3 Å². The van der Waals surface area contributed by atoms with Gasteiger partial charge in [0.15, 0.2) is 0 Å². The molecule has 2 aliphatic heterocycles. The number of hydrogen-bond acceptors (Lipinski definition) is 6. The Hall–Kier alpha value is -3.44. The third-order valence-electron chi connectivity index (χ3n) is 8.43. The molecule has 8 nitrogen and oxygen atoms in total. The third-order valence-corrected chi connectivity index (χ3v) is 9.23. The van der Waals surface area contributed by atoms with Gasteiger partial charge in [-0.3, -0.25) is 19.4 Å². The van der Waals surface area contributed by atoms with E-state index >= 15 is 0 Å². The summed E-state index contributed by atoms with van der Waals surface area (Å²) in [7, 11) is 0. The fourth-order valence-corrected chi connectivity index (χ4v) is 6.97. The van der Waals surface area contributed by atoms with E-state index in [1.807, 2.05) is 24.0 Å². The quantitative estimate of drug-likeness (QED) is 0.422. The smallest absolute Gasteiger partial charge is 0.281 e. The predicted octanol–water partition coefficient (Wildman–Crippen LogP) is 5.17. The van der Waals surface area contributed by atoms with Crippen LogP contribution in [-0.4, -0.2) is 58.3 Å². The monoisotopic (exact) mass is 599 g/mol. The minimum atomic E-state index is -2.88. The van der Waals surface area contributed by atoms with Crippen LogP contribution in [0, 0.1) is 12.8 Å². The van der Waals surface area contributed by atoms with Gasteiger partial charge in [-0.05, 0) is 56.2 Å². The molecule has 214 valence electrons. The number of amides is 3.